The first-order valence-corrected chi connectivity index (χ1v) is 13.2. The van der Waals surface area contributed by atoms with Crippen LogP contribution in [0.1, 0.15) is 52.6 Å². The minimum absolute atomic E-state index is 0.0348. The van der Waals surface area contributed by atoms with Crippen molar-refractivity contribution in [2.24, 2.45) is 0 Å². The Kier molecular flexibility index (Phi) is 7.90. The zero-order valence-corrected chi connectivity index (χ0v) is 22.2. The van der Waals surface area contributed by atoms with Crippen LogP contribution in [0.25, 0.3) is 0 Å². The first-order valence-electron chi connectivity index (χ1n) is 13.2. The summed E-state index contributed by atoms with van der Waals surface area (Å²) in [6.07, 6.45) is 5.61. The molecule has 4 heterocycles. The number of carbonyl (C=O) groups is 1. The number of nitrogens with one attached hydrogen (secondary N) is 1. The zero-order valence-electron chi connectivity index (χ0n) is 22.2. The van der Waals surface area contributed by atoms with Crippen molar-refractivity contribution < 1.29 is 18.7 Å². The molecule has 3 aromatic rings. The number of nitrogens with zero attached hydrogens (tertiary/aromatic N) is 5. The van der Waals surface area contributed by atoms with Gasteiger partial charge in [-0.15, -0.1) is 0 Å². The van der Waals surface area contributed by atoms with Crippen LogP contribution in [0, 0.1) is 5.82 Å². The first kappa shape index (κ1) is 26.1. The molecule has 1 fully saturated rings. The van der Waals surface area contributed by atoms with E-state index >= 15 is 0 Å². The summed E-state index contributed by atoms with van der Waals surface area (Å²) in [6.45, 7) is 9.23. The van der Waals surface area contributed by atoms with Gasteiger partial charge in [0.2, 0.25) is 5.95 Å². The lowest BCUT2D eigenvalue weighted by Gasteiger charge is -2.35. The van der Waals surface area contributed by atoms with Gasteiger partial charge in [0.25, 0.3) is 5.91 Å². The first-order chi connectivity index (χ1) is 18.5. The number of carbonyl (C=O) groups excluding carboxylic acids is 1. The van der Waals surface area contributed by atoms with Gasteiger partial charge in [-0.1, -0.05) is 6.07 Å². The Labute approximate surface area is 222 Å². The Balaban J connectivity index is 1.47. The summed E-state index contributed by atoms with van der Waals surface area (Å²) < 4.78 is 27.1. The number of rotatable bonds is 9. The van der Waals surface area contributed by atoms with Crippen LogP contribution in [0.3, 0.4) is 0 Å². The molecule has 202 valence electrons. The highest BCUT2D eigenvalue weighted by Crippen LogP contribution is 2.32. The predicted molar refractivity (Wildman–Crippen MR) is 142 cm³/mol. The summed E-state index contributed by atoms with van der Waals surface area (Å²) >= 11 is 0. The number of morpholine rings is 1. The lowest BCUT2D eigenvalue weighted by atomic mass is 9.90. The Bertz CT molecular complexity index is 1290. The Morgan fingerprint density at radius 1 is 1.16 bits per heavy atom. The van der Waals surface area contributed by atoms with Crippen LogP contribution in [0.5, 0.6) is 5.75 Å². The van der Waals surface area contributed by atoms with Crippen molar-refractivity contribution in [3.63, 3.8) is 0 Å². The van der Waals surface area contributed by atoms with E-state index in [1.165, 1.54) is 11.8 Å². The molecule has 9 nitrogen and oxygen atoms in total. The van der Waals surface area contributed by atoms with Crippen molar-refractivity contribution >= 4 is 11.9 Å². The third kappa shape index (κ3) is 5.37. The molecule has 38 heavy (non-hydrogen) atoms. The van der Waals surface area contributed by atoms with Gasteiger partial charge in [-0.3, -0.25) is 14.7 Å². The smallest absolute Gasteiger partial charge is 0.254 e. The van der Waals surface area contributed by atoms with Crippen LogP contribution in [-0.4, -0.2) is 76.7 Å². The largest absolute Gasteiger partial charge is 0.491 e. The number of ether oxygens (including phenoxy) is 2. The normalized spacial score (nSPS) is 16.8. The van der Waals surface area contributed by atoms with Gasteiger partial charge in [-0.2, -0.15) is 0 Å². The fraction of sp³-hybridized carbons (Fsp3) is 0.464. The number of pyridine rings is 1. The molecule has 2 aliphatic heterocycles. The monoisotopic (exact) mass is 522 g/mol. The maximum absolute atomic E-state index is 14.1. The number of halogens is 1. The number of hydrogen-bond donors (Lipinski definition) is 1. The fourth-order valence-corrected chi connectivity index (χ4v) is 5.33. The fourth-order valence-electron chi connectivity index (χ4n) is 5.33. The van der Waals surface area contributed by atoms with Crippen LogP contribution in [0.4, 0.5) is 10.3 Å². The summed E-state index contributed by atoms with van der Waals surface area (Å²) in [5.74, 6) is 0.389. The van der Waals surface area contributed by atoms with E-state index in [9.17, 15) is 9.18 Å². The van der Waals surface area contributed by atoms with E-state index < -0.39 is 5.82 Å². The lowest BCUT2D eigenvalue weighted by molar-refractivity contribution is 0.0339. The Morgan fingerprint density at radius 2 is 1.97 bits per heavy atom. The Morgan fingerprint density at radius 3 is 2.74 bits per heavy atom. The summed E-state index contributed by atoms with van der Waals surface area (Å²) in [7, 11) is 1.85. The number of anilines is 1. The summed E-state index contributed by atoms with van der Waals surface area (Å²) in [5, 5.41) is 3.12. The van der Waals surface area contributed by atoms with Crippen molar-refractivity contribution in [3.05, 3.63) is 70.6 Å². The van der Waals surface area contributed by atoms with E-state index in [0.29, 0.717) is 25.4 Å². The molecule has 10 heteroatoms. The van der Waals surface area contributed by atoms with E-state index in [1.54, 1.807) is 12.3 Å². The van der Waals surface area contributed by atoms with Crippen molar-refractivity contribution in [1.82, 2.24) is 24.3 Å². The van der Waals surface area contributed by atoms with Crippen LogP contribution in [0.15, 0.2) is 36.8 Å². The predicted octanol–water partition coefficient (Wildman–Crippen LogP) is 3.50. The Hall–Kier alpha value is -3.50. The molecule has 1 amide bonds. The molecule has 5 rings (SSSR count). The van der Waals surface area contributed by atoms with E-state index in [2.05, 4.69) is 26.3 Å². The molecule has 2 aromatic heterocycles. The molecule has 0 spiro atoms. The van der Waals surface area contributed by atoms with Crippen molar-refractivity contribution in [2.45, 2.75) is 39.4 Å². The molecule has 1 atom stereocenters. The summed E-state index contributed by atoms with van der Waals surface area (Å²) in [4.78, 5) is 26.8. The second-order valence-electron chi connectivity index (χ2n) is 9.70. The van der Waals surface area contributed by atoms with Crippen LogP contribution < -0.4 is 10.1 Å². The maximum atomic E-state index is 14.1. The number of fused-ring (bicyclic) bond motifs is 1. The second kappa shape index (κ2) is 11.5. The molecule has 0 saturated carbocycles. The van der Waals surface area contributed by atoms with Gasteiger partial charge in [0, 0.05) is 57.3 Å². The molecule has 2 aliphatic rings. The lowest BCUT2D eigenvalue weighted by Crippen LogP contribution is -2.41. The number of benzene rings is 1. The number of aromatic nitrogens is 3. The summed E-state index contributed by atoms with van der Waals surface area (Å²) in [5.41, 5.74) is 4.67. The van der Waals surface area contributed by atoms with E-state index in [0.717, 1.165) is 61.9 Å². The van der Waals surface area contributed by atoms with E-state index in [4.69, 9.17) is 9.47 Å². The molecule has 1 saturated heterocycles. The van der Waals surface area contributed by atoms with Crippen LogP contribution in [-0.2, 0) is 24.2 Å². The zero-order chi connectivity index (χ0) is 26.6. The topological polar surface area (TPSA) is 84.8 Å². The molecule has 0 aliphatic carbocycles. The molecule has 0 unspecified atom stereocenters. The maximum Gasteiger partial charge on any atom is 0.254 e. The van der Waals surface area contributed by atoms with Crippen LogP contribution in [0.2, 0.25) is 0 Å². The standard InChI is InChI=1S/C28H35FN6O3/c1-4-38-26-15-25(32-16-24(26)29)19(2)35-7-5-22-21(18-33-9-11-37-12-10-33)13-20(14-23(22)27(35)36)17-34-8-6-31-28(34)30-3/h6,8,13-16,19H,4-5,7,9-12,17-18H2,1-3H3,(H,30,31)/t19-/m0/s1. The molecule has 1 N–H and O–H groups in total. The van der Waals surface area contributed by atoms with Crippen molar-refractivity contribution in [1.29, 1.82) is 0 Å². The van der Waals surface area contributed by atoms with Gasteiger partial charge in [-0.25, -0.2) is 9.37 Å². The van der Waals surface area contributed by atoms with Gasteiger partial charge >= 0.3 is 0 Å². The van der Waals surface area contributed by atoms with Gasteiger partial charge in [0.1, 0.15) is 0 Å². The minimum atomic E-state index is -0.504. The highest BCUT2D eigenvalue weighted by molar-refractivity contribution is 5.97. The molecule has 0 radical (unpaired) electrons. The molecular weight excluding hydrogens is 487 g/mol. The number of amides is 1. The van der Waals surface area contributed by atoms with Crippen LogP contribution >= 0.6 is 0 Å². The number of imidazole rings is 1. The van der Waals surface area contributed by atoms with Gasteiger partial charge in [0.15, 0.2) is 11.6 Å². The molecular formula is C28H35FN6O3. The molecule has 1 aromatic carbocycles. The van der Waals surface area contributed by atoms with Gasteiger partial charge < -0.3 is 24.3 Å². The minimum Gasteiger partial charge on any atom is -0.491 e. The van der Waals surface area contributed by atoms with Crippen molar-refractivity contribution in [3.8, 4) is 5.75 Å². The highest BCUT2D eigenvalue weighted by Gasteiger charge is 2.32. The van der Waals surface area contributed by atoms with Gasteiger partial charge in [0.05, 0.1) is 44.3 Å². The van der Waals surface area contributed by atoms with E-state index in [-0.39, 0.29) is 17.7 Å². The summed E-state index contributed by atoms with van der Waals surface area (Å²) in [6, 6.07) is 5.52. The van der Waals surface area contributed by atoms with Crippen molar-refractivity contribution in [2.75, 3.05) is 51.8 Å². The third-order valence-electron chi connectivity index (χ3n) is 7.32. The second-order valence-corrected chi connectivity index (χ2v) is 9.70. The SMILES string of the molecule is CCOc1cc([C@H](C)N2CCc3c(CN4CCOCC4)cc(Cn4ccnc4NC)cc3C2=O)ncc1F. The number of hydrogen-bond acceptors (Lipinski definition) is 7. The average molecular weight is 523 g/mol. The van der Waals surface area contributed by atoms with Gasteiger partial charge in [-0.05, 0) is 43.0 Å². The third-order valence-corrected chi connectivity index (χ3v) is 7.32. The average Bonchev–Trinajstić information content (AvgIpc) is 3.38. The highest BCUT2D eigenvalue weighted by atomic mass is 19.1. The quantitative estimate of drug-likeness (QED) is 0.461. The molecule has 0 bridgehead atoms. The van der Waals surface area contributed by atoms with E-state index in [1.807, 2.05) is 42.6 Å².